The topological polar surface area (TPSA) is 71.1 Å². The van der Waals surface area contributed by atoms with E-state index in [1.54, 1.807) is 0 Å². The Balaban J connectivity index is 1.60. The number of hydrogen-bond acceptors (Lipinski definition) is 7. The van der Waals surface area contributed by atoms with E-state index in [9.17, 15) is 9.59 Å². The van der Waals surface area contributed by atoms with Crippen LogP contribution in [-0.2, 0) is 25.7 Å². The molecule has 7 heteroatoms. The molecular weight excluding hydrogens is 514 g/mol. The molecule has 0 fully saturated rings. The summed E-state index contributed by atoms with van der Waals surface area (Å²) in [6.07, 6.45) is 2.75. The number of hydrogen-bond donors (Lipinski definition) is 1. The van der Waals surface area contributed by atoms with Crippen LogP contribution in [0, 0.1) is 19.8 Å². The van der Waals surface area contributed by atoms with E-state index < -0.39 is 18.1 Å². The second-order valence-electron chi connectivity index (χ2n) is 10.9. The van der Waals surface area contributed by atoms with Crippen LogP contribution in [0.1, 0.15) is 49.1 Å². The number of carbonyl (C=O) groups excluding carboxylic acids is 2. The van der Waals surface area contributed by atoms with Gasteiger partial charge in [-0.1, -0.05) is 80.6 Å². The zero-order chi connectivity index (χ0) is 29.4. The minimum atomic E-state index is -0.862. The molecule has 0 spiro atoms. The molecule has 1 aliphatic rings. The van der Waals surface area contributed by atoms with Crippen LogP contribution < -0.4 is 5.32 Å². The Kier molecular flexibility index (Phi) is 10.2. The third kappa shape index (κ3) is 7.76. The summed E-state index contributed by atoms with van der Waals surface area (Å²) in [6.45, 7) is 11.3. The quantitative estimate of drug-likeness (QED) is 0.199. The van der Waals surface area contributed by atoms with Gasteiger partial charge in [0.05, 0.1) is 12.6 Å². The second-order valence-corrected chi connectivity index (χ2v) is 10.9. The Morgan fingerprint density at radius 3 is 2.22 bits per heavy atom. The summed E-state index contributed by atoms with van der Waals surface area (Å²) in [6, 6.07) is 26.3. The highest BCUT2D eigenvalue weighted by Gasteiger charge is 2.41. The predicted octanol–water partition coefficient (Wildman–Crippen LogP) is 6.20. The van der Waals surface area contributed by atoms with Gasteiger partial charge in [0, 0.05) is 38.1 Å². The van der Waals surface area contributed by atoms with Crippen LogP contribution in [-0.4, -0.2) is 47.0 Å². The molecule has 0 saturated carbocycles. The summed E-state index contributed by atoms with van der Waals surface area (Å²) in [5.41, 5.74) is 5.61. The molecule has 0 bridgehead atoms. The second kappa shape index (κ2) is 14.0. The maximum absolute atomic E-state index is 12.6. The lowest BCUT2D eigenvalue weighted by Crippen LogP contribution is -2.52. The first-order valence-electron chi connectivity index (χ1n) is 14.2. The van der Waals surface area contributed by atoms with Gasteiger partial charge in [-0.25, -0.2) is 4.79 Å². The number of ether oxygens (including phenoxy) is 2. The lowest BCUT2D eigenvalue weighted by Gasteiger charge is -2.42. The number of Topliss-reactive ketones (excluding diaryl/α,β-unsaturated/α-hetero) is 1. The van der Waals surface area contributed by atoms with Gasteiger partial charge >= 0.3 is 5.97 Å². The summed E-state index contributed by atoms with van der Waals surface area (Å²) in [7, 11) is 0. The molecule has 0 aromatic heterocycles. The largest absolute Gasteiger partial charge is 0.417 e. The molecule has 3 aromatic carbocycles. The zero-order valence-corrected chi connectivity index (χ0v) is 24.6. The Morgan fingerprint density at radius 2 is 1.59 bits per heavy atom. The highest BCUT2D eigenvalue weighted by atomic mass is 16.6. The Bertz CT molecular complexity index is 1330. The van der Waals surface area contributed by atoms with E-state index >= 15 is 0 Å². The number of nitrogens with zero attached hydrogens (tertiary/aromatic N) is 2. The van der Waals surface area contributed by atoms with Crippen molar-refractivity contribution in [3.05, 3.63) is 114 Å². The molecule has 0 amide bonds. The molecule has 3 aromatic rings. The lowest BCUT2D eigenvalue weighted by atomic mass is 9.92. The molecule has 3 atom stereocenters. The third-order valence-corrected chi connectivity index (χ3v) is 7.41. The molecule has 4 rings (SSSR count). The van der Waals surface area contributed by atoms with Crippen LogP contribution in [0.3, 0.4) is 0 Å². The van der Waals surface area contributed by atoms with Gasteiger partial charge in [-0.05, 0) is 54.2 Å². The number of benzene rings is 3. The highest BCUT2D eigenvalue weighted by Crippen LogP contribution is 2.35. The molecule has 0 aliphatic carbocycles. The van der Waals surface area contributed by atoms with Gasteiger partial charge in [0.25, 0.3) is 6.35 Å². The summed E-state index contributed by atoms with van der Waals surface area (Å²) in [4.78, 5) is 28.5. The van der Waals surface area contributed by atoms with Gasteiger partial charge in [0.15, 0.2) is 0 Å². The van der Waals surface area contributed by atoms with Crippen molar-refractivity contribution < 1.29 is 19.1 Å². The van der Waals surface area contributed by atoms with Crippen LogP contribution in [0.2, 0.25) is 0 Å². The molecule has 41 heavy (non-hydrogen) atoms. The Hall–Kier alpha value is -4.10. The lowest BCUT2D eigenvalue weighted by molar-refractivity contribution is -0.180. The van der Waals surface area contributed by atoms with Crippen molar-refractivity contribution in [2.75, 3.05) is 18.4 Å². The maximum atomic E-state index is 12.6. The van der Waals surface area contributed by atoms with E-state index in [4.69, 9.17) is 9.47 Å². The van der Waals surface area contributed by atoms with Gasteiger partial charge in [0.2, 0.25) is 5.78 Å². The summed E-state index contributed by atoms with van der Waals surface area (Å²) in [5, 5.41) is 3.40. The van der Waals surface area contributed by atoms with E-state index in [2.05, 4.69) is 63.3 Å². The Labute approximate surface area is 243 Å². The number of aryl methyl sites for hydroxylation is 2. The molecule has 0 radical (unpaired) electrons. The number of ketones is 1. The average molecular weight is 556 g/mol. The number of para-hydroxylation sites is 1. The molecule has 1 aliphatic heterocycles. The standard InChI is InChI=1S/C34H41N3O4/c1-24(2)31(32(29-12-8-6-9-13-29)40-23-28-17-16-25(3)26(4)22-28)37-21-20-36(34(37)41-33(39)27(5)38)19-18-35-30-14-10-7-11-15-30/h6-17,20-22,24,31-32,34-35H,18-19,23H2,1-5H3. The SMILES string of the molecule is CC(=O)C(=O)OC1N(CCNc2ccccc2)C=CN1C(C(C)C)C(OCc1ccc(C)c(C)c1)c1ccccc1. The highest BCUT2D eigenvalue weighted by molar-refractivity contribution is 6.32. The number of anilines is 1. The molecule has 1 N–H and O–H groups in total. The molecule has 216 valence electrons. The number of esters is 1. The first kappa shape index (κ1) is 29.9. The smallest absolute Gasteiger partial charge is 0.377 e. The van der Waals surface area contributed by atoms with Gasteiger partial charge in [-0.15, -0.1) is 0 Å². The Morgan fingerprint density at radius 1 is 0.902 bits per heavy atom. The van der Waals surface area contributed by atoms with Gasteiger partial charge in [0.1, 0.15) is 6.10 Å². The summed E-state index contributed by atoms with van der Waals surface area (Å²) in [5.74, 6) is -1.38. The van der Waals surface area contributed by atoms with Crippen molar-refractivity contribution in [2.24, 2.45) is 5.92 Å². The molecule has 7 nitrogen and oxygen atoms in total. The van der Waals surface area contributed by atoms with Crippen molar-refractivity contribution >= 4 is 17.4 Å². The number of rotatable bonds is 13. The first-order chi connectivity index (χ1) is 19.7. The molecular formula is C34H41N3O4. The van der Waals surface area contributed by atoms with Gasteiger partial charge in [-0.3, -0.25) is 4.79 Å². The zero-order valence-electron chi connectivity index (χ0n) is 24.6. The van der Waals surface area contributed by atoms with E-state index in [0.29, 0.717) is 19.7 Å². The van der Waals surface area contributed by atoms with Crippen molar-refractivity contribution in [2.45, 2.75) is 59.7 Å². The molecule has 0 saturated heterocycles. The fourth-order valence-corrected chi connectivity index (χ4v) is 5.07. The van der Waals surface area contributed by atoms with E-state index in [-0.39, 0.29) is 18.1 Å². The minimum absolute atomic E-state index is 0.116. The normalized spacial score (nSPS) is 16.1. The summed E-state index contributed by atoms with van der Waals surface area (Å²) >= 11 is 0. The predicted molar refractivity (Wildman–Crippen MR) is 162 cm³/mol. The van der Waals surface area contributed by atoms with Crippen molar-refractivity contribution in [3.63, 3.8) is 0 Å². The van der Waals surface area contributed by atoms with Crippen LogP contribution in [0.4, 0.5) is 5.69 Å². The van der Waals surface area contributed by atoms with Gasteiger partial charge in [-0.2, -0.15) is 0 Å². The van der Waals surface area contributed by atoms with Crippen molar-refractivity contribution in [1.29, 1.82) is 0 Å². The van der Waals surface area contributed by atoms with E-state index in [1.165, 1.54) is 18.1 Å². The van der Waals surface area contributed by atoms with Crippen molar-refractivity contribution in [1.82, 2.24) is 9.80 Å². The minimum Gasteiger partial charge on any atom is -0.417 e. The monoisotopic (exact) mass is 555 g/mol. The van der Waals surface area contributed by atoms with Crippen LogP contribution in [0.25, 0.3) is 0 Å². The third-order valence-electron chi connectivity index (χ3n) is 7.41. The number of carbonyl (C=O) groups is 2. The average Bonchev–Trinajstić information content (AvgIpc) is 3.34. The van der Waals surface area contributed by atoms with E-state index in [0.717, 1.165) is 16.8 Å². The summed E-state index contributed by atoms with van der Waals surface area (Å²) < 4.78 is 12.5. The molecule has 1 heterocycles. The van der Waals surface area contributed by atoms with Crippen LogP contribution >= 0.6 is 0 Å². The number of nitrogens with one attached hydrogen (secondary N) is 1. The first-order valence-corrected chi connectivity index (χ1v) is 14.2. The van der Waals surface area contributed by atoms with Crippen LogP contribution in [0.15, 0.2) is 91.3 Å². The van der Waals surface area contributed by atoms with E-state index in [1.807, 2.05) is 70.7 Å². The van der Waals surface area contributed by atoms with Crippen molar-refractivity contribution in [3.8, 4) is 0 Å². The fourth-order valence-electron chi connectivity index (χ4n) is 5.07. The van der Waals surface area contributed by atoms with Gasteiger partial charge < -0.3 is 24.6 Å². The molecule has 3 unspecified atom stereocenters. The fraction of sp³-hybridized carbons (Fsp3) is 0.353. The van der Waals surface area contributed by atoms with Crippen LogP contribution in [0.5, 0.6) is 0 Å². The maximum Gasteiger partial charge on any atom is 0.377 e.